The summed E-state index contributed by atoms with van der Waals surface area (Å²) in [5, 5.41) is 30.9. The van der Waals surface area contributed by atoms with Crippen LogP contribution in [0.25, 0.3) is 0 Å². The fourth-order valence-electron chi connectivity index (χ4n) is 6.74. The van der Waals surface area contributed by atoms with Gasteiger partial charge in [0.1, 0.15) is 36.8 Å². The van der Waals surface area contributed by atoms with E-state index in [1.165, 1.54) is 44.9 Å². The average Bonchev–Trinajstić information content (AvgIpc) is 3.26. The Balaban J connectivity index is 2.46. The Hall–Kier alpha value is -3.17. The summed E-state index contributed by atoms with van der Waals surface area (Å²) in [6.07, 6.45) is 43.5. The van der Waals surface area contributed by atoms with Crippen LogP contribution in [0.4, 0.5) is 0 Å². The van der Waals surface area contributed by atoms with Gasteiger partial charge in [0, 0.05) is 12.8 Å². The van der Waals surface area contributed by atoms with Gasteiger partial charge in [-0.3, -0.25) is 14.1 Å². The number of ether oxygens (including phenoxy) is 4. The van der Waals surface area contributed by atoms with Crippen molar-refractivity contribution in [1.82, 2.24) is 0 Å². The van der Waals surface area contributed by atoms with Gasteiger partial charge in [0.15, 0.2) is 12.4 Å². The predicted octanol–water partition coefficient (Wildman–Crippen LogP) is 10.4. The second-order valence-electron chi connectivity index (χ2n) is 16.4. The van der Waals surface area contributed by atoms with Crippen molar-refractivity contribution >= 4 is 22.1 Å². The molecule has 1 aliphatic rings. The van der Waals surface area contributed by atoms with Gasteiger partial charge >= 0.3 is 11.9 Å². The molecule has 0 aromatic carbocycles. The number of allylic oxidation sites excluding steroid dienone is 14. The fraction of sp³-hybridized carbons (Fsp3) is 0.686. The van der Waals surface area contributed by atoms with E-state index in [2.05, 4.69) is 92.8 Å². The van der Waals surface area contributed by atoms with Crippen molar-refractivity contribution in [2.24, 2.45) is 0 Å². The SMILES string of the molecule is CC/C=C/C/C=C/C/C=C/CCCCCCCC(=O)O[C@H](COC(=O)CCC/C=C/C/C=C/C/C=C/C/C=C/CCCCCCCCC)CO[C@H]1O[C@H](CS(=O)(=O)O)[C@@H](O)C(O)C1O. The maximum Gasteiger partial charge on any atom is 0.306 e. The van der Waals surface area contributed by atoms with Gasteiger partial charge in [-0.1, -0.05) is 157 Å². The topological polar surface area (TPSA) is 186 Å². The lowest BCUT2D eigenvalue weighted by atomic mass is 10.00. The van der Waals surface area contributed by atoms with E-state index < -0.39 is 71.2 Å². The molecular weight excluding hydrogens is 837 g/mol. The van der Waals surface area contributed by atoms with Crippen LogP contribution in [0.1, 0.15) is 168 Å². The molecule has 0 amide bonds. The second-order valence-corrected chi connectivity index (χ2v) is 17.9. The first-order valence-corrected chi connectivity index (χ1v) is 25.8. The minimum absolute atomic E-state index is 0.128. The molecule has 0 radical (unpaired) electrons. The van der Waals surface area contributed by atoms with E-state index in [1.807, 2.05) is 6.08 Å². The Labute approximate surface area is 386 Å². The van der Waals surface area contributed by atoms with Crippen molar-refractivity contribution in [3.8, 4) is 0 Å². The molecule has 2 unspecified atom stereocenters. The van der Waals surface area contributed by atoms with Crippen LogP contribution in [0, 0.1) is 0 Å². The Bertz CT molecular complexity index is 1500. The molecule has 64 heavy (non-hydrogen) atoms. The van der Waals surface area contributed by atoms with Crippen LogP contribution in [-0.2, 0) is 38.7 Å². The molecule has 13 heteroatoms. The summed E-state index contributed by atoms with van der Waals surface area (Å²) >= 11 is 0. The summed E-state index contributed by atoms with van der Waals surface area (Å²) < 4.78 is 54.1. The molecule has 366 valence electrons. The Morgan fingerprint density at radius 3 is 1.52 bits per heavy atom. The largest absolute Gasteiger partial charge is 0.462 e. The molecule has 0 aromatic rings. The Morgan fingerprint density at radius 1 is 0.547 bits per heavy atom. The molecule has 0 aliphatic carbocycles. The van der Waals surface area contributed by atoms with Gasteiger partial charge in [-0.2, -0.15) is 8.42 Å². The van der Waals surface area contributed by atoms with E-state index in [1.54, 1.807) is 0 Å². The van der Waals surface area contributed by atoms with Crippen LogP contribution >= 0.6 is 0 Å². The molecule has 1 rings (SSSR count). The minimum Gasteiger partial charge on any atom is -0.462 e. The third kappa shape index (κ3) is 34.2. The summed E-state index contributed by atoms with van der Waals surface area (Å²) in [6, 6.07) is 0. The van der Waals surface area contributed by atoms with Crippen LogP contribution in [-0.4, -0.2) is 96.0 Å². The maximum atomic E-state index is 12.8. The number of rotatable bonds is 39. The molecule has 6 atom stereocenters. The summed E-state index contributed by atoms with van der Waals surface area (Å²) in [5.41, 5.74) is 0. The highest BCUT2D eigenvalue weighted by Crippen LogP contribution is 2.24. The summed E-state index contributed by atoms with van der Waals surface area (Å²) in [6.45, 7) is 3.58. The van der Waals surface area contributed by atoms with E-state index in [-0.39, 0.29) is 19.4 Å². The number of carbonyl (C=O) groups is 2. The van der Waals surface area contributed by atoms with Crippen molar-refractivity contribution < 1.29 is 56.8 Å². The molecule has 12 nitrogen and oxygen atoms in total. The number of esters is 2. The third-order valence-corrected chi connectivity index (χ3v) is 11.2. The first-order chi connectivity index (χ1) is 31.0. The molecular formula is C51H84O12S. The number of carbonyl (C=O) groups excluding carboxylic acids is 2. The highest BCUT2D eigenvalue weighted by Gasteiger charge is 2.46. The summed E-state index contributed by atoms with van der Waals surface area (Å²) in [4.78, 5) is 25.4. The third-order valence-electron chi connectivity index (χ3n) is 10.5. The number of hydrogen-bond donors (Lipinski definition) is 4. The van der Waals surface area contributed by atoms with Crippen molar-refractivity contribution in [1.29, 1.82) is 0 Å². The molecule has 0 saturated carbocycles. The normalized spacial score (nSPS) is 20.4. The number of aliphatic hydroxyl groups is 3. The second kappa shape index (κ2) is 40.1. The highest BCUT2D eigenvalue weighted by atomic mass is 32.2. The zero-order valence-corrected chi connectivity index (χ0v) is 39.9. The van der Waals surface area contributed by atoms with E-state index in [0.717, 1.165) is 77.0 Å². The lowest BCUT2D eigenvalue weighted by Gasteiger charge is -2.40. The van der Waals surface area contributed by atoms with Crippen LogP contribution in [0.15, 0.2) is 85.1 Å². The molecule has 0 spiro atoms. The van der Waals surface area contributed by atoms with Gasteiger partial charge in [0.05, 0.1) is 6.61 Å². The molecule has 1 saturated heterocycles. The van der Waals surface area contributed by atoms with Crippen molar-refractivity contribution in [3.05, 3.63) is 85.1 Å². The monoisotopic (exact) mass is 921 g/mol. The smallest absolute Gasteiger partial charge is 0.306 e. The number of unbranched alkanes of at least 4 members (excludes halogenated alkanes) is 13. The Morgan fingerprint density at radius 2 is 1.00 bits per heavy atom. The first kappa shape index (κ1) is 58.8. The van der Waals surface area contributed by atoms with Gasteiger partial charge in [-0.15, -0.1) is 0 Å². The van der Waals surface area contributed by atoms with Crippen LogP contribution < -0.4 is 0 Å². The van der Waals surface area contributed by atoms with Crippen molar-refractivity contribution in [2.45, 2.75) is 205 Å². The van der Waals surface area contributed by atoms with Gasteiger partial charge in [0.2, 0.25) is 0 Å². The quantitative estimate of drug-likeness (QED) is 0.0198. The molecule has 0 bridgehead atoms. The van der Waals surface area contributed by atoms with Crippen LogP contribution in [0.3, 0.4) is 0 Å². The predicted molar refractivity (Wildman–Crippen MR) is 256 cm³/mol. The Kier molecular flexibility index (Phi) is 36.9. The first-order valence-electron chi connectivity index (χ1n) is 24.1. The van der Waals surface area contributed by atoms with E-state index >= 15 is 0 Å². The summed E-state index contributed by atoms with van der Waals surface area (Å²) in [7, 11) is -4.62. The van der Waals surface area contributed by atoms with Crippen LogP contribution in [0.2, 0.25) is 0 Å². The zero-order chi connectivity index (χ0) is 46.9. The minimum atomic E-state index is -4.62. The lowest BCUT2D eigenvalue weighted by Crippen LogP contribution is -2.60. The molecule has 4 N–H and O–H groups in total. The van der Waals surface area contributed by atoms with E-state index in [9.17, 15) is 37.9 Å². The molecule has 1 heterocycles. The zero-order valence-electron chi connectivity index (χ0n) is 39.1. The van der Waals surface area contributed by atoms with Gasteiger partial charge < -0.3 is 34.3 Å². The molecule has 1 fully saturated rings. The van der Waals surface area contributed by atoms with E-state index in [0.29, 0.717) is 19.3 Å². The lowest BCUT2D eigenvalue weighted by molar-refractivity contribution is -0.297. The number of aliphatic hydroxyl groups excluding tert-OH is 3. The maximum absolute atomic E-state index is 12.8. The fourth-order valence-corrected chi connectivity index (χ4v) is 7.43. The van der Waals surface area contributed by atoms with Crippen LogP contribution in [0.5, 0.6) is 0 Å². The van der Waals surface area contributed by atoms with Crippen molar-refractivity contribution in [2.75, 3.05) is 19.0 Å². The van der Waals surface area contributed by atoms with Crippen molar-refractivity contribution in [3.63, 3.8) is 0 Å². The van der Waals surface area contributed by atoms with Gasteiger partial charge in [-0.25, -0.2) is 0 Å². The number of hydrogen-bond acceptors (Lipinski definition) is 11. The van der Waals surface area contributed by atoms with Gasteiger partial charge in [0.25, 0.3) is 10.1 Å². The van der Waals surface area contributed by atoms with E-state index in [4.69, 9.17) is 18.9 Å². The van der Waals surface area contributed by atoms with Gasteiger partial charge in [-0.05, 0) is 83.5 Å². The standard InChI is InChI=1S/C51H84O12S/c1-3-5-7-9-11-13-15-17-19-20-21-22-23-24-26-27-29-31-33-35-37-39-46(52)60-41-44(42-61-51-50(56)49(55)48(54)45(63-51)43-64(57,58)59)62-47(53)40-38-36-34-32-30-28-25-18-16-14-12-10-8-6-4-2/h6,8,12,14,18-20,22-23,25-27,31,33,44-45,48-51,54-56H,3-5,7,9-11,13,15-17,21,24,28-30,32,34-43H2,1-2H3,(H,57,58,59)/b8-6+,14-12+,20-19+,23-22+,25-18+,27-26+,33-31+/t44-,45-,48-,49?,50?,51+/m1/s1. The summed E-state index contributed by atoms with van der Waals surface area (Å²) in [5.74, 6) is -2.09. The molecule has 1 aliphatic heterocycles. The molecule has 0 aromatic heterocycles. The highest BCUT2D eigenvalue weighted by molar-refractivity contribution is 7.85. The average molecular weight is 921 g/mol.